The summed E-state index contributed by atoms with van der Waals surface area (Å²) in [6.45, 7) is 4.69. The number of ether oxygens (including phenoxy) is 3. The molecule has 0 aromatic heterocycles. The molecule has 0 saturated heterocycles. The minimum absolute atomic E-state index is 0. The number of nitrogens with one attached hydrogen (secondary N) is 2. The third-order valence-corrected chi connectivity index (χ3v) is 4.12. The van der Waals surface area contributed by atoms with Crippen LogP contribution in [0.2, 0.25) is 0 Å². The highest BCUT2D eigenvalue weighted by Gasteiger charge is 2.15. The molecular weight excluding hydrogens is 469 g/mol. The molecule has 2 atom stereocenters. The van der Waals surface area contributed by atoms with Gasteiger partial charge in [-0.3, -0.25) is 4.99 Å². The first-order valence-electron chi connectivity index (χ1n) is 8.98. The van der Waals surface area contributed by atoms with Crippen LogP contribution in [0.15, 0.2) is 53.5 Å². The van der Waals surface area contributed by atoms with Crippen LogP contribution in [0.4, 0.5) is 0 Å². The van der Waals surface area contributed by atoms with Gasteiger partial charge in [0.15, 0.2) is 5.96 Å². The van der Waals surface area contributed by atoms with Crippen LogP contribution in [0.3, 0.4) is 0 Å². The number of nitrogens with zero attached hydrogens (tertiary/aromatic N) is 1. The van der Waals surface area contributed by atoms with Crippen LogP contribution in [0.1, 0.15) is 25.5 Å². The molecule has 0 amide bonds. The van der Waals surface area contributed by atoms with E-state index in [4.69, 9.17) is 14.2 Å². The lowest BCUT2D eigenvalue weighted by Gasteiger charge is -2.22. The average Bonchev–Trinajstić information content (AvgIpc) is 2.71. The Morgan fingerprint density at radius 1 is 1.00 bits per heavy atom. The van der Waals surface area contributed by atoms with E-state index in [9.17, 15) is 0 Å². The Bertz CT molecular complexity index is 741. The van der Waals surface area contributed by atoms with Gasteiger partial charge in [-0.05, 0) is 44.2 Å². The zero-order chi connectivity index (χ0) is 19.6. The first-order chi connectivity index (χ1) is 13.1. The van der Waals surface area contributed by atoms with E-state index in [-0.39, 0.29) is 36.1 Å². The van der Waals surface area contributed by atoms with E-state index in [0.29, 0.717) is 12.5 Å². The number of aliphatic imine (C=N–C) groups is 1. The highest BCUT2D eigenvalue weighted by atomic mass is 127. The lowest BCUT2D eigenvalue weighted by molar-refractivity contribution is 0.223. The molecule has 0 saturated carbocycles. The Morgan fingerprint density at radius 2 is 1.71 bits per heavy atom. The highest BCUT2D eigenvalue weighted by molar-refractivity contribution is 14.0. The van der Waals surface area contributed by atoms with Gasteiger partial charge in [-0.1, -0.05) is 18.2 Å². The molecule has 7 heteroatoms. The fraction of sp³-hybridized carbons (Fsp3) is 0.381. The van der Waals surface area contributed by atoms with E-state index in [1.54, 1.807) is 21.3 Å². The molecule has 6 nitrogen and oxygen atoms in total. The number of guanidine groups is 1. The summed E-state index contributed by atoms with van der Waals surface area (Å²) >= 11 is 0. The smallest absolute Gasteiger partial charge is 0.191 e. The Kier molecular flexibility index (Phi) is 10.5. The van der Waals surface area contributed by atoms with Crippen LogP contribution in [0.25, 0.3) is 0 Å². The molecule has 2 aromatic rings. The van der Waals surface area contributed by atoms with Gasteiger partial charge in [-0.25, -0.2) is 0 Å². The number of hydrogen-bond donors (Lipinski definition) is 2. The van der Waals surface area contributed by atoms with Gasteiger partial charge in [0.25, 0.3) is 0 Å². The molecule has 2 rings (SSSR count). The average molecular weight is 499 g/mol. The molecule has 0 radical (unpaired) electrons. The van der Waals surface area contributed by atoms with E-state index in [0.717, 1.165) is 22.8 Å². The topological polar surface area (TPSA) is 64.1 Å². The second kappa shape index (κ2) is 12.3. The van der Waals surface area contributed by atoms with Crippen molar-refractivity contribution in [1.29, 1.82) is 0 Å². The monoisotopic (exact) mass is 499 g/mol. The molecular formula is C21H30IN3O3. The minimum Gasteiger partial charge on any atom is -0.497 e. The predicted octanol–water partition coefficient (Wildman–Crippen LogP) is 4.02. The van der Waals surface area contributed by atoms with Crippen LogP contribution in [0, 0.1) is 0 Å². The summed E-state index contributed by atoms with van der Waals surface area (Å²) in [5, 5.41) is 6.67. The third-order valence-electron chi connectivity index (χ3n) is 4.12. The molecule has 2 aromatic carbocycles. The Morgan fingerprint density at radius 3 is 2.32 bits per heavy atom. The minimum atomic E-state index is -0.0217. The molecule has 2 N–H and O–H groups in total. The molecule has 0 aliphatic carbocycles. The number of methoxy groups -OCH3 is 2. The maximum Gasteiger partial charge on any atom is 0.191 e. The molecule has 0 spiro atoms. The maximum absolute atomic E-state index is 5.88. The van der Waals surface area contributed by atoms with E-state index >= 15 is 0 Å². The molecule has 0 aliphatic rings. The summed E-state index contributed by atoms with van der Waals surface area (Å²) in [5.74, 6) is 3.12. The quantitative estimate of drug-likeness (QED) is 0.327. The van der Waals surface area contributed by atoms with Crippen molar-refractivity contribution < 1.29 is 14.2 Å². The lowest BCUT2D eigenvalue weighted by Crippen LogP contribution is -2.42. The Labute approximate surface area is 184 Å². The Hall–Kier alpha value is -2.16. The standard InChI is InChI=1S/C21H29N3O3.HI/c1-15(27-17-9-7-6-8-10-17)14-23-21(22-3)24-16(2)19-13-18(25-4)11-12-20(19)26-5;/h6-13,15-16H,14H2,1-5H3,(H2,22,23,24);1H. The van der Waals surface area contributed by atoms with Crippen LogP contribution in [0.5, 0.6) is 17.2 Å². The van der Waals surface area contributed by atoms with Gasteiger partial charge in [0, 0.05) is 12.6 Å². The molecule has 0 bridgehead atoms. The second-order valence-electron chi connectivity index (χ2n) is 6.17. The van der Waals surface area contributed by atoms with Gasteiger partial charge in [0.05, 0.1) is 26.8 Å². The molecule has 2 unspecified atom stereocenters. The van der Waals surface area contributed by atoms with Crippen molar-refractivity contribution in [3.63, 3.8) is 0 Å². The number of benzene rings is 2. The first kappa shape index (κ1) is 23.9. The van der Waals surface area contributed by atoms with Crippen LogP contribution in [-0.2, 0) is 0 Å². The summed E-state index contributed by atoms with van der Waals surface area (Å²) in [5.41, 5.74) is 0.994. The van der Waals surface area contributed by atoms with Gasteiger partial charge in [0.2, 0.25) is 0 Å². The van der Waals surface area contributed by atoms with E-state index in [2.05, 4.69) is 15.6 Å². The van der Waals surface area contributed by atoms with Crippen molar-refractivity contribution in [3.05, 3.63) is 54.1 Å². The molecule has 0 fully saturated rings. The van der Waals surface area contributed by atoms with Crippen molar-refractivity contribution in [1.82, 2.24) is 10.6 Å². The number of halogens is 1. The zero-order valence-corrected chi connectivity index (χ0v) is 19.4. The summed E-state index contributed by atoms with van der Waals surface area (Å²) in [6.07, 6.45) is -0.00684. The highest BCUT2D eigenvalue weighted by Crippen LogP contribution is 2.29. The fourth-order valence-corrected chi connectivity index (χ4v) is 2.67. The van der Waals surface area contributed by atoms with Crippen molar-refractivity contribution in [2.75, 3.05) is 27.8 Å². The van der Waals surface area contributed by atoms with Crippen molar-refractivity contribution in [2.24, 2.45) is 4.99 Å². The van der Waals surface area contributed by atoms with Crippen molar-refractivity contribution in [2.45, 2.75) is 26.0 Å². The van der Waals surface area contributed by atoms with Crippen LogP contribution < -0.4 is 24.8 Å². The predicted molar refractivity (Wildman–Crippen MR) is 124 cm³/mol. The second-order valence-corrected chi connectivity index (χ2v) is 6.17. The molecule has 154 valence electrons. The normalized spacial score (nSPS) is 13.0. The SMILES string of the molecule is CN=C(NCC(C)Oc1ccccc1)NC(C)c1cc(OC)ccc1OC.I. The number of hydrogen-bond acceptors (Lipinski definition) is 4. The number of rotatable bonds is 8. The van der Waals surface area contributed by atoms with Crippen molar-refractivity contribution in [3.8, 4) is 17.2 Å². The Balaban J connectivity index is 0.00000392. The van der Waals surface area contributed by atoms with Crippen LogP contribution >= 0.6 is 24.0 Å². The van der Waals surface area contributed by atoms with Gasteiger partial charge in [0.1, 0.15) is 23.4 Å². The zero-order valence-electron chi connectivity index (χ0n) is 17.1. The summed E-state index contributed by atoms with van der Waals surface area (Å²) in [6, 6.07) is 15.5. The van der Waals surface area contributed by atoms with Gasteiger partial charge < -0.3 is 24.8 Å². The first-order valence-corrected chi connectivity index (χ1v) is 8.98. The summed E-state index contributed by atoms with van der Waals surface area (Å²) in [7, 11) is 5.06. The third kappa shape index (κ3) is 7.10. The number of para-hydroxylation sites is 1. The van der Waals surface area contributed by atoms with Crippen LogP contribution in [-0.4, -0.2) is 39.9 Å². The van der Waals surface area contributed by atoms with E-state index in [1.807, 2.05) is 62.4 Å². The largest absolute Gasteiger partial charge is 0.497 e. The van der Waals surface area contributed by atoms with E-state index < -0.39 is 0 Å². The van der Waals surface area contributed by atoms with E-state index in [1.165, 1.54) is 0 Å². The van der Waals surface area contributed by atoms with Gasteiger partial charge in [-0.15, -0.1) is 24.0 Å². The fourth-order valence-electron chi connectivity index (χ4n) is 2.67. The summed E-state index contributed by atoms with van der Waals surface area (Å²) in [4.78, 5) is 4.30. The molecule has 0 aliphatic heterocycles. The van der Waals surface area contributed by atoms with Gasteiger partial charge >= 0.3 is 0 Å². The van der Waals surface area contributed by atoms with Gasteiger partial charge in [-0.2, -0.15) is 0 Å². The van der Waals surface area contributed by atoms with Crippen molar-refractivity contribution >= 4 is 29.9 Å². The molecule has 0 heterocycles. The molecule has 28 heavy (non-hydrogen) atoms. The summed E-state index contributed by atoms with van der Waals surface area (Å²) < 4.78 is 16.7. The lowest BCUT2D eigenvalue weighted by atomic mass is 10.1. The maximum atomic E-state index is 5.88.